The lowest BCUT2D eigenvalue weighted by Gasteiger charge is -2.30. The van der Waals surface area contributed by atoms with Crippen LogP contribution in [0.15, 0.2) is 24.3 Å². The molecule has 0 aromatic heterocycles. The minimum atomic E-state index is -0.354. The number of rotatable bonds is 6. The molecule has 1 heterocycles. The second kappa shape index (κ2) is 7.62. The standard InChI is InChI=1S/C18H25N3O3.ClH/c1-18(11-19,13-3-4-13)20-17(23)12-9-16(22)21(10-12)14-5-7-15(24-2)8-6-14;/h5-8,12-13H,3-4,9-11,19H2,1-2H3,(H,20,23);1H. The van der Waals surface area contributed by atoms with Crippen LogP contribution in [0.1, 0.15) is 26.2 Å². The summed E-state index contributed by atoms with van der Waals surface area (Å²) in [4.78, 5) is 26.6. The SMILES string of the molecule is COc1ccc(N2CC(C(=O)NC(C)(CN)C3CC3)CC2=O)cc1.Cl. The van der Waals surface area contributed by atoms with Crippen molar-refractivity contribution in [3.05, 3.63) is 24.3 Å². The largest absolute Gasteiger partial charge is 0.497 e. The Morgan fingerprint density at radius 2 is 2.00 bits per heavy atom. The fraction of sp³-hybridized carbons (Fsp3) is 0.556. The highest BCUT2D eigenvalue weighted by molar-refractivity contribution is 6.00. The van der Waals surface area contributed by atoms with Crippen LogP contribution in [0.2, 0.25) is 0 Å². The zero-order chi connectivity index (χ0) is 17.3. The van der Waals surface area contributed by atoms with Crippen molar-refractivity contribution >= 4 is 29.9 Å². The van der Waals surface area contributed by atoms with Crippen molar-refractivity contribution in [3.63, 3.8) is 0 Å². The molecule has 7 heteroatoms. The molecule has 3 rings (SSSR count). The van der Waals surface area contributed by atoms with E-state index < -0.39 is 0 Å². The van der Waals surface area contributed by atoms with Crippen molar-refractivity contribution in [1.82, 2.24) is 5.32 Å². The van der Waals surface area contributed by atoms with E-state index in [2.05, 4.69) is 5.32 Å². The number of halogens is 1. The van der Waals surface area contributed by atoms with E-state index in [1.54, 1.807) is 12.0 Å². The third-order valence-corrected chi connectivity index (χ3v) is 5.19. The molecule has 1 aromatic carbocycles. The van der Waals surface area contributed by atoms with E-state index in [0.717, 1.165) is 24.3 Å². The zero-order valence-electron chi connectivity index (χ0n) is 14.7. The molecule has 2 atom stereocenters. The number of anilines is 1. The van der Waals surface area contributed by atoms with Crippen LogP contribution in [0.25, 0.3) is 0 Å². The summed E-state index contributed by atoms with van der Waals surface area (Å²) in [5.41, 5.74) is 6.30. The molecule has 1 saturated carbocycles. The molecule has 1 aliphatic carbocycles. The quantitative estimate of drug-likeness (QED) is 0.801. The monoisotopic (exact) mass is 367 g/mol. The summed E-state index contributed by atoms with van der Waals surface area (Å²) in [6.45, 7) is 2.83. The minimum absolute atomic E-state index is 0. The first-order valence-electron chi connectivity index (χ1n) is 8.43. The van der Waals surface area contributed by atoms with Crippen molar-refractivity contribution in [3.8, 4) is 5.75 Å². The molecule has 2 aliphatic rings. The second-order valence-electron chi connectivity index (χ2n) is 6.99. The van der Waals surface area contributed by atoms with Gasteiger partial charge in [-0.1, -0.05) is 0 Å². The summed E-state index contributed by atoms with van der Waals surface area (Å²) in [5, 5.41) is 3.09. The summed E-state index contributed by atoms with van der Waals surface area (Å²) in [7, 11) is 1.60. The van der Waals surface area contributed by atoms with Gasteiger partial charge in [0.25, 0.3) is 0 Å². The van der Waals surface area contributed by atoms with Crippen LogP contribution in [0.3, 0.4) is 0 Å². The van der Waals surface area contributed by atoms with Crippen molar-refractivity contribution in [2.45, 2.75) is 31.7 Å². The summed E-state index contributed by atoms with van der Waals surface area (Å²) >= 11 is 0. The van der Waals surface area contributed by atoms with Crippen LogP contribution in [0.5, 0.6) is 5.75 Å². The fourth-order valence-electron chi connectivity index (χ4n) is 3.32. The van der Waals surface area contributed by atoms with Crippen LogP contribution in [0, 0.1) is 11.8 Å². The first kappa shape index (κ1) is 19.5. The summed E-state index contributed by atoms with van der Waals surface area (Å²) in [6, 6.07) is 7.31. The highest BCUT2D eigenvalue weighted by atomic mass is 35.5. The third kappa shape index (κ3) is 4.07. The highest BCUT2D eigenvalue weighted by Gasteiger charge is 2.44. The maximum Gasteiger partial charge on any atom is 0.227 e. The van der Waals surface area contributed by atoms with E-state index in [9.17, 15) is 9.59 Å². The number of nitrogens with two attached hydrogens (primary N) is 1. The average molecular weight is 368 g/mol. The molecule has 2 amide bonds. The lowest BCUT2D eigenvalue weighted by molar-refractivity contribution is -0.128. The smallest absolute Gasteiger partial charge is 0.227 e. The number of hydrogen-bond donors (Lipinski definition) is 2. The van der Waals surface area contributed by atoms with Gasteiger partial charge in [0, 0.05) is 25.2 Å². The van der Waals surface area contributed by atoms with Gasteiger partial charge < -0.3 is 20.7 Å². The molecule has 138 valence electrons. The first-order valence-corrected chi connectivity index (χ1v) is 8.43. The Bertz CT molecular complexity index is 633. The van der Waals surface area contributed by atoms with Crippen molar-refractivity contribution in [2.75, 3.05) is 25.1 Å². The number of nitrogens with zero attached hydrogens (tertiary/aromatic N) is 1. The maximum atomic E-state index is 12.6. The van der Waals surface area contributed by atoms with Crippen molar-refractivity contribution in [1.29, 1.82) is 0 Å². The van der Waals surface area contributed by atoms with Gasteiger partial charge in [0.15, 0.2) is 0 Å². The molecular formula is C18H26ClN3O3. The molecule has 0 spiro atoms. The highest BCUT2D eigenvalue weighted by Crippen LogP contribution is 2.39. The van der Waals surface area contributed by atoms with Gasteiger partial charge in [0.05, 0.1) is 18.6 Å². The van der Waals surface area contributed by atoms with E-state index in [1.165, 1.54) is 0 Å². The van der Waals surface area contributed by atoms with Crippen LogP contribution in [-0.4, -0.2) is 37.6 Å². The van der Waals surface area contributed by atoms with Gasteiger partial charge in [0.2, 0.25) is 11.8 Å². The van der Waals surface area contributed by atoms with Crippen molar-refractivity contribution < 1.29 is 14.3 Å². The van der Waals surface area contributed by atoms with Gasteiger partial charge >= 0.3 is 0 Å². The number of methoxy groups -OCH3 is 1. The Hall–Kier alpha value is -1.79. The molecule has 2 fully saturated rings. The van der Waals surface area contributed by atoms with Gasteiger partial charge in [-0.25, -0.2) is 0 Å². The van der Waals surface area contributed by atoms with Gasteiger partial charge in [-0.3, -0.25) is 9.59 Å². The predicted molar refractivity (Wildman–Crippen MR) is 99.0 cm³/mol. The number of nitrogens with one attached hydrogen (secondary N) is 1. The fourth-order valence-corrected chi connectivity index (χ4v) is 3.32. The van der Waals surface area contributed by atoms with Gasteiger partial charge in [-0.15, -0.1) is 12.4 Å². The predicted octanol–water partition coefficient (Wildman–Crippen LogP) is 1.71. The Morgan fingerprint density at radius 1 is 1.36 bits per heavy atom. The number of amides is 2. The van der Waals surface area contributed by atoms with Gasteiger partial charge in [-0.2, -0.15) is 0 Å². The van der Waals surface area contributed by atoms with E-state index in [0.29, 0.717) is 19.0 Å². The third-order valence-electron chi connectivity index (χ3n) is 5.19. The number of benzene rings is 1. The van der Waals surface area contributed by atoms with E-state index in [4.69, 9.17) is 10.5 Å². The summed E-state index contributed by atoms with van der Waals surface area (Å²) < 4.78 is 5.13. The first-order chi connectivity index (χ1) is 11.5. The molecular weight excluding hydrogens is 342 g/mol. The molecule has 0 bridgehead atoms. The minimum Gasteiger partial charge on any atom is -0.497 e. The second-order valence-corrected chi connectivity index (χ2v) is 6.99. The summed E-state index contributed by atoms with van der Waals surface area (Å²) in [6.07, 6.45) is 2.45. The number of ether oxygens (including phenoxy) is 1. The van der Waals surface area contributed by atoms with Crippen LogP contribution in [-0.2, 0) is 9.59 Å². The number of carbonyl (C=O) groups excluding carboxylic acids is 2. The van der Waals surface area contributed by atoms with Crippen LogP contribution < -0.4 is 20.7 Å². The topological polar surface area (TPSA) is 84.7 Å². The molecule has 1 saturated heterocycles. The Labute approximate surface area is 154 Å². The Balaban J connectivity index is 0.00000225. The average Bonchev–Trinajstić information content (AvgIpc) is 3.38. The molecule has 3 N–H and O–H groups in total. The number of carbonyl (C=O) groups is 2. The molecule has 1 aliphatic heterocycles. The van der Waals surface area contributed by atoms with Crippen LogP contribution in [0.4, 0.5) is 5.69 Å². The molecule has 6 nitrogen and oxygen atoms in total. The maximum absolute atomic E-state index is 12.6. The van der Waals surface area contributed by atoms with E-state index in [1.807, 2.05) is 31.2 Å². The molecule has 0 radical (unpaired) electrons. The van der Waals surface area contributed by atoms with Crippen molar-refractivity contribution in [2.24, 2.45) is 17.6 Å². The normalized spacial score (nSPS) is 22.1. The Morgan fingerprint density at radius 3 is 2.52 bits per heavy atom. The summed E-state index contributed by atoms with van der Waals surface area (Å²) in [5.74, 6) is 0.772. The van der Waals surface area contributed by atoms with E-state index in [-0.39, 0.29) is 42.1 Å². The van der Waals surface area contributed by atoms with E-state index >= 15 is 0 Å². The molecule has 1 aromatic rings. The number of hydrogen-bond acceptors (Lipinski definition) is 4. The molecule has 25 heavy (non-hydrogen) atoms. The zero-order valence-corrected chi connectivity index (χ0v) is 15.5. The molecule has 2 unspecified atom stereocenters. The van der Waals surface area contributed by atoms with Crippen LogP contribution >= 0.6 is 12.4 Å². The van der Waals surface area contributed by atoms with Gasteiger partial charge in [0.1, 0.15) is 5.75 Å². The lowest BCUT2D eigenvalue weighted by atomic mass is 9.94. The Kier molecular flexibility index (Phi) is 5.95. The van der Waals surface area contributed by atoms with Gasteiger partial charge in [-0.05, 0) is 49.9 Å². The lowest BCUT2D eigenvalue weighted by Crippen LogP contribution is -2.54.